The quantitative estimate of drug-likeness (QED) is 0.433. The highest BCUT2D eigenvalue weighted by molar-refractivity contribution is 5.85. The van der Waals surface area contributed by atoms with Crippen LogP contribution >= 0.6 is 0 Å². The summed E-state index contributed by atoms with van der Waals surface area (Å²) in [4.78, 5) is 8.18. The summed E-state index contributed by atoms with van der Waals surface area (Å²) in [7, 11) is 0. The number of hydrazone groups is 1. The van der Waals surface area contributed by atoms with E-state index in [1.807, 2.05) is 0 Å². The molecule has 0 radical (unpaired) electrons. The van der Waals surface area contributed by atoms with Crippen molar-refractivity contribution in [2.45, 2.75) is 44.6 Å². The highest BCUT2D eigenvalue weighted by Crippen LogP contribution is 2.21. The fourth-order valence-corrected chi connectivity index (χ4v) is 2.90. The van der Waals surface area contributed by atoms with E-state index in [1.54, 1.807) is 30.9 Å². The fourth-order valence-electron chi connectivity index (χ4n) is 2.90. The van der Waals surface area contributed by atoms with Gasteiger partial charge in [-0.15, -0.1) is 0 Å². The van der Waals surface area contributed by atoms with Crippen LogP contribution in [0.1, 0.15) is 43.2 Å². The van der Waals surface area contributed by atoms with Crippen molar-refractivity contribution in [1.29, 1.82) is 0 Å². The van der Waals surface area contributed by atoms with Crippen LogP contribution in [0, 0.1) is 5.82 Å². The molecule has 1 aromatic carbocycles. The highest BCUT2D eigenvalue weighted by Gasteiger charge is 2.14. The van der Waals surface area contributed by atoms with Gasteiger partial charge in [0, 0.05) is 18.8 Å². The summed E-state index contributed by atoms with van der Waals surface area (Å²) < 4.78 is 12.4. The molecule has 7 heteroatoms. The van der Waals surface area contributed by atoms with Crippen molar-refractivity contribution in [1.82, 2.24) is 9.97 Å². The van der Waals surface area contributed by atoms with Crippen molar-refractivity contribution in [3.63, 3.8) is 0 Å². The molecule has 0 atom stereocenters. The first-order valence-electron chi connectivity index (χ1n) is 8.88. The lowest BCUT2D eigenvalue weighted by molar-refractivity contribution is 0.299. The van der Waals surface area contributed by atoms with Crippen molar-refractivity contribution in [2.24, 2.45) is 10.9 Å². The van der Waals surface area contributed by atoms with Gasteiger partial charge in [-0.3, -0.25) is 0 Å². The zero-order chi connectivity index (χ0) is 18.6. The molecule has 1 aliphatic rings. The number of rotatable bonds is 5. The molecule has 140 valence electrons. The Balaban J connectivity index is 0.000000209. The number of benzene rings is 1. The van der Waals surface area contributed by atoms with Crippen molar-refractivity contribution in [2.75, 3.05) is 11.9 Å². The number of anilines is 1. The van der Waals surface area contributed by atoms with Crippen molar-refractivity contribution >= 4 is 12.0 Å². The lowest BCUT2D eigenvalue weighted by Gasteiger charge is -2.23. The molecule has 0 amide bonds. The van der Waals surface area contributed by atoms with Crippen LogP contribution < -0.4 is 11.2 Å². The van der Waals surface area contributed by atoms with Crippen LogP contribution in [0.15, 0.2) is 41.9 Å². The minimum Gasteiger partial charge on any atom is -0.396 e. The van der Waals surface area contributed by atoms with Gasteiger partial charge >= 0.3 is 0 Å². The smallest absolute Gasteiger partial charge is 0.138 e. The van der Waals surface area contributed by atoms with E-state index < -0.39 is 0 Å². The highest BCUT2D eigenvalue weighted by atomic mass is 19.1. The van der Waals surface area contributed by atoms with E-state index in [9.17, 15) is 4.39 Å². The van der Waals surface area contributed by atoms with E-state index >= 15 is 0 Å². The summed E-state index contributed by atoms with van der Waals surface area (Å²) in [5.41, 5.74) is 1.68. The lowest BCUT2D eigenvalue weighted by atomic mass is 9.95. The van der Waals surface area contributed by atoms with Gasteiger partial charge in [-0.05, 0) is 37.0 Å². The van der Waals surface area contributed by atoms with Crippen molar-refractivity contribution in [3.05, 3.63) is 53.7 Å². The van der Waals surface area contributed by atoms with Crippen LogP contribution in [0.25, 0.3) is 0 Å². The van der Waals surface area contributed by atoms with E-state index in [-0.39, 0.29) is 12.4 Å². The molecule has 1 fully saturated rings. The van der Waals surface area contributed by atoms with E-state index in [0.29, 0.717) is 12.5 Å². The van der Waals surface area contributed by atoms with Gasteiger partial charge in [-0.2, -0.15) is 5.10 Å². The maximum absolute atomic E-state index is 12.4. The molecule has 0 spiro atoms. The van der Waals surface area contributed by atoms with E-state index in [4.69, 9.17) is 10.9 Å². The molecule has 6 nitrogen and oxygen atoms in total. The van der Waals surface area contributed by atoms with Crippen LogP contribution in [0.2, 0.25) is 0 Å². The van der Waals surface area contributed by atoms with Gasteiger partial charge in [0.15, 0.2) is 0 Å². The number of nitrogens with zero attached hydrogens (tertiary/aromatic N) is 3. The second-order valence-corrected chi connectivity index (χ2v) is 6.19. The second kappa shape index (κ2) is 11.1. The molecule has 1 heterocycles. The Hall–Kier alpha value is -2.54. The maximum Gasteiger partial charge on any atom is 0.138 e. The number of aromatic nitrogens is 2. The second-order valence-electron chi connectivity index (χ2n) is 6.19. The standard InChI is InChI=1S/C11H17N5.C8H9FO/c12-15-7-9-6-13-8-14-11(9)16-10-4-2-1-3-5-10;9-8-3-1-2-7(6-8)4-5-10/h6-8,10H,1-5,12H2,(H,13,14,16);1-3,6,10H,4-5H2/b15-7-;. The molecular formula is C19H26FN5O. The molecule has 1 aliphatic carbocycles. The number of hydrogen-bond donors (Lipinski definition) is 3. The van der Waals surface area contributed by atoms with Gasteiger partial charge in [0.1, 0.15) is 18.0 Å². The number of nitrogens with two attached hydrogens (primary N) is 1. The molecule has 2 aromatic rings. The summed E-state index contributed by atoms with van der Waals surface area (Å²) in [6.07, 6.45) is 11.7. The molecule has 0 bridgehead atoms. The monoisotopic (exact) mass is 359 g/mol. The number of nitrogens with one attached hydrogen (secondary N) is 1. The summed E-state index contributed by atoms with van der Waals surface area (Å²) in [5.74, 6) is 5.73. The normalized spacial score (nSPS) is 14.7. The Morgan fingerprint density at radius 1 is 1.31 bits per heavy atom. The molecule has 0 unspecified atom stereocenters. The first-order chi connectivity index (χ1) is 12.7. The van der Waals surface area contributed by atoms with Gasteiger partial charge < -0.3 is 16.3 Å². The van der Waals surface area contributed by atoms with Crippen LogP contribution in [0.4, 0.5) is 10.2 Å². The molecule has 0 saturated heterocycles. The number of aliphatic hydroxyl groups is 1. The Kier molecular flexibility index (Phi) is 8.48. The molecule has 26 heavy (non-hydrogen) atoms. The average molecular weight is 359 g/mol. The van der Waals surface area contributed by atoms with Gasteiger partial charge in [0.25, 0.3) is 0 Å². The van der Waals surface area contributed by atoms with E-state index in [0.717, 1.165) is 16.9 Å². The third-order valence-electron chi connectivity index (χ3n) is 4.19. The van der Waals surface area contributed by atoms with Crippen molar-refractivity contribution in [3.8, 4) is 0 Å². The predicted molar refractivity (Wildman–Crippen MR) is 101 cm³/mol. The SMILES string of the molecule is N/N=C\c1cncnc1NC1CCCCC1.OCCc1cccc(F)c1. The predicted octanol–water partition coefficient (Wildman–Crippen LogP) is 2.87. The van der Waals surface area contributed by atoms with Gasteiger partial charge in [0.2, 0.25) is 0 Å². The Labute approximate surface area is 153 Å². The Bertz CT molecular complexity index is 689. The molecule has 3 rings (SSSR count). The van der Waals surface area contributed by atoms with Crippen molar-refractivity contribution < 1.29 is 9.50 Å². The van der Waals surface area contributed by atoms with Gasteiger partial charge in [-0.25, -0.2) is 14.4 Å². The Morgan fingerprint density at radius 2 is 2.12 bits per heavy atom. The van der Waals surface area contributed by atoms with Crippen LogP contribution in [-0.2, 0) is 6.42 Å². The molecular weight excluding hydrogens is 333 g/mol. The zero-order valence-corrected chi connectivity index (χ0v) is 14.8. The zero-order valence-electron chi connectivity index (χ0n) is 14.8. The maximum atomic E-state index is 12.4. The third kappa shape index (κ3) is 6.76. The first-order valence-corrected chi connectivity index (χ1v) is 8.88. The molecule has 0 aliphatic heterocycles. The average Bonchev–Trinajstić information content (AvgIpc) is 2.65. The fraction of sp³-hybridized carbons (Fsp3) is 0.421. The minimum absolute atomic E-state index is 0.0729. The first kappa shape index (κ1) is 19.8. The summed E-state index contributed by atoms with van der Waals surface area (Å²) in [6, 6.07) is 6.77. The number of halogens is 1. The largest absolute Gasteiger partial charge is 0.396 e. The van der Waals surface area contributed by atoms with Crippen LogP contribution in [0.3, 0.4) is 0 Å². The molecule has 4 N–H and O–H groups in total. The third-order valence-corrected chi connectivity index (χ3v) is 4.19. The number of aliphatic hydroxyl groups excluding tert-OH is 1. The van der Waals surface area contributed by atoms with E-state index in [1.165, 1.54) is 44.2 Å². The van der Waals surface area contributed by atoms with E-state index in [2.05, 4.69) is 20.4 Å². The molecule has 1 aromatic heterocycles. The van der Waals surface area contributed by atoms with Gasteiger partial charge in [-0.1, -0.05) is 31.4 Å². The minimum atomic E-state index is -0.244. The van der Waals surface area contributed by atoms with Crippen LogP contribution in [-0.4, -0.2) is 33.9 Å². The lowest BCUT2D eigenvalue weighted by Crippen LogP contribution is -2.23. The topological polar surface area (TPSA) is 96.4 Å². The summed E-state index contributed by atoms with van der Waals surface area (Å²) in [5, 5.41) is 15.4. The van der Waals surface area contributed by atoms with Crippen LogP contribution in [0.5, 0.6) is 0 Å². The summed E-state index contributed by atoms with van der Waals surface area (Å²) in [6.45, 7) is 0.0729. The van der Waals surface area contributed by atoms with Gasteiger partial charge in [0.05, 0.1) is 11.8 Å². The Morgan fingerprint density at radius 3 is 2.81 bits per heavy atom. The number of hydrogen-bond acceptors (Lipinski definition) is 6. The summed E-state index contributed by atoms with van der Waals surface area (Å²) >= 11 is 0. The molecule has 1 saturated carbocycles.